The van der Waals surface area contributed by atoms with Gasteiger partial charge in [-0.1, -0.05) is 24.2 Å². The second kappa shape index (κ2) is 6.42. The van der Waals surface area contributed by atoms with Crippen LogP contribution >= 0.6 is 0 Å². The molecule has 0 radical (unpaired) electrons. The van der Waals surface area contributed by atoms with Crippen LogP contribution in [0.5, 0.6) is 5.75 Å². The molecule has 2 aromatic rings. The average molecular weight is 356 g/mol. The van der Waals surface area contributed by atoms with Crippen molar-refractivity contribution in [1.29, 1.82) is 0 Å². The fourth-order valence-electron chi connectivity index (χ4n) is 3.52. The number of carbonyl (C=O) groups excluding carboxylic acids is 1. The molecule has 1 N–H and O–H groups in total. The molecule has 0 spiro atoms. The SMILES string of the molecule is CCc1cccc2c1/C(=N/O)C(=O)N2Cc1cc(F)cc2c1OCOC2. The van der Waals surface area contributed by atoms with Crippen LogP contribution in [0.2, 0.25) is 0 Å². The van der Waals surface area contributed by atoms with Crippen molar-refractivity contribution in [3.63, 3.8) is 0 Å². The zero-order valence-electron chi connectivity index (χ0n) is 14.2. The van der Waals surface area contributed by atoms with Crippen molar-refractivity contribution in [2.45, 2.75) is 26.5 Å². The van der Waals surface area contributed by atoms with E-state index in [9.17, 15) is 14.4 Å². The maximum atomic E-state index is 14.0. The highest BCUT2D eigenvalue weighted by Crippen LogP contribution is 2.36. The molecular formula is C19H17FN2O4. The highest BCUT2D eigenvalue weighted by molar-refractivity contribution is 6.54. The van der Waals surface area contributed by atoms with Gasteiger partial charge in [-0.15, -0.1) is 0 Å². The topological polar surface area (TPSA) is 71.4 Å². The number of ether oxygens (including phenoxy) is 2. The van der Waals surface area contributed by atoms with Crippen molar-refractivity contribution in [2.75, 3.05) is 11.7 Å². The van der Waals surface area contributed by atoms with Crippen LogP contribution in [0.3, 0.4) is 0 Å². The predicted molar refractivity (Wildman–Crippen MR) is 92.0 cm³/mol. The van der Waals surface area contributed by atoms with Crippen LogP contribution in [0.25, 0.3) is 0 Å². The second-order valence-corrected chi connectivity index (χ2v) is 6.17. The lowest BCUT2D eigenvalue weighted by Gasteiger charge is -2.24. The Bertz CT molecular complexity index is 926. The lowest BCUT2D eigenvalue weighted by molar-refractivity contribution is -0.112. The van der Waals surface area contributed by atoms with Gasteiger partial charge in [-0.25, -0.2) is 4.39 Å². The van der Waals surface area contributed by atoms with E-state index < -0.39 is 11.7 Å². The van der Waals surface area contributed by atoms with Crippen molar-refractivity contribution < 1.29 is 23.9 Å². The van der Waals surface area contributed by atoms with E-state index in [2.05, 4.69) is 5.16 Å². The van der Waals surface area contributed by atoms with Crippen LogP contribution < -0.4 is 9.64 Å². The number of carbonyl (C=O) groups is 1. The van der Waals surface area contributed by atoms with Crippen LogP contribution in [0.15, 0.2) is 35.5 Å². The number of fused-ring (bicyclic) bond motifs is 2. The molecule has 134 valence electrons. The van der Waals surface area contributed by atoms with Crippen LogP contribution in [-0.2, 0) is 29.1 Å². The van der Waals surface area contributed by atoms with Gasteiger partial charge in [-0.2, -0.15) is 0 Å². The van der Waals surface area contributed by atoms with Gasteiger partial charge in [0.2, 0.25) is 0 Å². The summed E-state index contributed by atoms with van der Waals surface area (Å²) in [5.74, 6) is -0.306. The molecule has 1 amide bonds. The number of hydrogen-bond acceptors (Lipinski definition) is 5. The molecule has 0 saturated heterocycles. The summed E-state index contributed by atoms with van der Waals surface area (Å²) < 4.78 is 24.7. The Balaban J connectivity index is 1.79. The maximum absolute atomic E-state index is 14.0. The number of anilines is 1. The third-order valence-electron chi connectivity index (χ3n) is 4.67. The standard InChI is InChI=1S/C19H17FN2O4/c1-2-11-4-3-5-15-16(11)17(21-24)19(23)22(15)8-12-6-14(20)7-13-9-25-10-26-18(12)13/h3-7,24H,2,8-10H2,1H3/b21-17-. The summed E-state index contributed by atoms with van der Waals surface area (Å²) in [7, 11) is 0. The van der Waals surface area contributed by atoms with E-state index >= 15 is 0 Å². The largest absolute Gasteiger partial charge is 0.467 e. The van der Waals surface area contributed by atoms with Gasteiger partial charge in [0.25, 0.3) is 5.91 Å². The Morgan fingerprint density at radius 2 is 2.15 bits per heavy atom. The lowest BCUT2D eigenvalue weighted by Crippen LogP contribution is -2.30. The minimum Gasteiger partial charge on any atom is -0.467 e. The fraction of sp³-hybridized carbons (Fsp3) is 0.263. The third kappa shape index (κ3) is 2.52. The number of amides is 1. The number of oxime groups is 1. The zero-order valence-corrected chi connectivity index (χ0v) is 14.2. The normalized spacial score (nSPS) is 17.2. The first-order valence-corrected chi connectivity index (χ1v) is 8.32. The number of aryl methyl sites for hydroxylation is 1. The van der Waals surface area contributed by atoms with Gasteiger partial charge in [0.15, 0.2) is 12.5 Å². The van der Waals surface area contributed by atoms with E-state index in [1.807, 2.05) is 19.1 Å². The number of nitrogens with zero attached hydrogens (tertiary/aromatic N) is 2. The molecule has 0 saturated carbocycles. The van der Waals surface area contributed by atoms with Crippen molar-refractivity contribution in [3.8, 4) is 5.75 Å². The molecule has 2 aliphatic rings. The smallest absolute Gasteiger partial charge is 0.281 e. The predicted octanol–water partition coefficient (Wildman–Crippen LogP) is 2.98. The first-order valence-electron chi connectivity index (χ1n) is 8.32. The van der Waals surface area contributed by atoms with Gasteiger partial charge >= 0.3 is 0 Å². The summed E-state index contributed by atoms with van der Waals surface area (Å²) >= 11 is 0. The van der Waals surface area contributed by atoms with Crippen LogP contribution in [0, 0.1) is 5.82 Å². The molecular weight excluding hydrogens is 339 g/mol. The molecule has 0 atom stereocenters. The van der Waals surface area contributed by atoms with Crippen molar-refractivity contribution in [1.82, 2.24) is 0 Å². The Morgan fingerprint density at radius 3 is 2.92 bits per heavy atom. The van der Waals surface area contributed by atoms with E-state index in [-0.39, 0.29) is 25.7 Å². The molecule has 0 unspecified atom stereocenters. The molecule has 2 heterocycles. The highest BCUT2D eigenvalue weighted by Gasteiger charge is 2.36. The molecule has 2 aliphatic heterocycles. The van der Waals surface area contributed by atoms with Crippen molar-refractivity contribution >= 4 is 17.3 Å². The fourth-order valence-corrected chi connectivity index (χ4v) is 3.52. The maximum Gasteiger partial charge on any atom is 0.281 e. The molecule has 0 fully saturated rings. The first kappa shape index (κ1) is 16.5. The number of halogens is 1. The summed E-state index contributed by atoms with van der Waals surface area (Å²) in [5, 5.41) is 12.6. The Labute approximate surface area is 149 Å². The van der Waals surface area contributed by atoms with Crippen LogP contribution in [-0.4, -0.2) is 23.6 Å². The summed E-state index contributed by atoms with van der Waals surface area (Å²) in [5.41, 5.74) is 3.34. The number of hydrogen-bond donors (Lipinski definition) is 1. The van der Waals surface area contributed by atoms with Gasteiger partial charge in [-0.05, 0) is 30.2 Å². The number of benzene rings is 2. The van der Waals surface area contributed by atoms with E-state index in [1.165, 1.54) is 17.0 Å². The lowest BCUT2D eigenvalue weighted by atomic mass is 10.0. The molecule has 0 aliphatic carbocycles. The van der Waals surface area contributed by atoms with Crippen molar-refractivity contribution in [3.05, 3.63) is 58.4 Å². The van der Waals surface area contributed by atoms with Crippen LogP contribution in [0.4, 0.5) is 10.1 Å². The Morgan fingerprint density at radius 1 is 1.31 bits per heavy atom. The Kier molecular flexibility index (Phi) is 4.08. The minimum absolute atomic E-state index is 0.00646. The zero-order chi connectivity index (χ0) is 18.3. The quantitative estimate of drug-likeness (QED) is 0.678. The summed E-state index contributed by atoms with van der Waals surface area (Å²) in [4.78, 5) is 14.3. The summed E-state index contributed by atoms with van der Waals surface area (Å²) in [6.07, 6.45) is 0.694. The van der Waals surface area contributed by atoms with Crippen LogP contribution in [0.1, 0.15) is 29.2 Å². The van der Waals surface area contributed by atoms with Gasteiger partial charge in [-0.3, -0.25) is 4.79 Å². The summed E-state index contributed by atoms with van der Waals surface area (Å²) in [6, 6.07) is 8.26. The summed E-state index contributed by atoms with van der Waals surface area (Å²) in [6.45, 7) is 2.42. The molecule has 7 heteroatoms. The van der Waals surface area contributed by atoms with Gasteiger partial charge in [0.05, 0.1) is 18.8 Å². The molecule has 4 rings (SSSR count). The van der Waals surface area contributed by atoms with E-state index in [4.69, 9.17) is 9.47 Å². The number of rotatable bonds is 3. The van der Waals surface area contributed by atoms with E-state index in [0.717, 1.165) is 5.56 Å². The first-order chi connectivity index (χ1) is 12.6. The molecule has 0 bridgehead atoms. The second-order valence-electron chi connectivity index (χ2n) is 6.17. The van der Waals surface area contributed by atoms with Gasteiger partial charge in [0, 0.05) is 16.7 Å². The minimum atomic E-state index is -0.423. The van der Waals surface area contributed by atoms with Crippen molar-refractivity contribution in [2.24, 2.45) is 5.16 Å². The molecule has 2 aromatic carbocycles. The van der Waals surface area contributed by atoms with Gasteiger partial charge < -0.3 is 19.6 Å². The van der Waals surface area contributed by atoms with Gasteiger partial charge in [0.1, 0.15) is 11.6 Å². The van der Waals surface area contributed by atoms with E-state index in [1.54, 1.807) is 6.07 Å². The highest BCUT2D eigenvalue weighted by atomic mass is 19.1. The average Bonchev–Trinajstić information content (AvgIpc) is 2.93. The third-order valence-corrected chi connectivity index (χ3v) is 4.67. The molecule has 6 nitrogen and oxygen atoms in total. The van der Waals surface area contributed by atoms with E-state index in [0.29, 0.717) is 34.5 Å². The molecule has 26 heavy (non-hydrogen) atoms. The Hall–Kier alpha value is -2.93. The molecule has 0 aromatic heterocycles. The monoisotopic (exact) mass is 356 g/mol.